The van der Waals surface area contributed by atoms with Crippen LogP contribution < -0.4 is 5.73 Å². The summed E-state index contributed by atoms with van der Waals surface area (Å²) in [5, 5.41) is 0. The highest BCUT2D eigenvalue weighted by Gasteiger charge is 2.41. The van der Waals surface area contributed by atoms with Crippen molar-refractivity contribution in [3.8, 4) is 0 Å². The number of amides is 2. The van der Waals surface area contributed by atoms with Crippen molar-refractivity contribution in [3.05, 3.63) is 35.9 Å². The molecule has 0 bridgehead atoms. The van der Waals surface area contributed by atoms with Gasteiger partial charge >= 0.3 is 0 Å². The smallest absolute Gasteiger partial charge is 0.222 e. The summed E-state index contributed by atoms with van der Waals surface area (Å²) in [6, 6.07) is 10.4. The van der Waals surface area contributed by atoms with E-state index in [1.54, 1.807) is 0 Å². The van der Waals surface area contributed by atoms with Crippen LogP contribution >= 0.6 is 0 Å². The van der Waals surface area contributed by atoms with Crippen LogP contribution in [-0.4, -0.2) is 54.3 Å². The highest BCUT2D eigenvalue weighted by atomic mass is 16.2. The van der Waals surface area contributed by atoms with E-state index in [-0.39, 0.29) is 17.2 Å². The van der Waals surface area contributed by atoms with Crippen LogP contribution in [0.3, 0.4) is 0 Å². The molecule has 3 rings (SSSR count). The van der Waals surface area contributed by atoms with Gasteiger partial charge in [0.25, 0.3) is 0 Å². The summed E-state index contributed by atoms with van der Waals surface area (Å²) in [6.07, 6.45) is 5.27. The van der Waals surface area contributed by atoms with Crippen molar-refractivity contribution in [1.29, 1.82) is 0 Å². The standard InChI is InChI=1S/C20H29N3O2/c21-18(24)9-13-22-12-4-10-20(15-22)11-7-19(25)23(16-20)14-8-17-5-2-1-3-6-17/h1-3,5-6H,4,7-16H2,(H2,21,24). The number of piperidine rings is 2. The van der Waals surface area contributed by atoms with Crippen LogP contribution in [-0.2, 0) is 16.0 Å². The number of carbonyl (C=O) groups is 2. The fraction of sp³-hybridized carbons (Fsp3) is 0.600. The molecule has 1 aromatic carbocycles. The average molecular weight is 343 g/mol. The Balaban J connectivity index is 1.58. The number of nitrogens with zero attached hydrogens (tertiary/aromatic N) is 2. The first-order valence-electron chi connectivity index (χ1n) is 9.39. The number of likely N-dealkylation sites (tertiary alicyclic amines) is 2. The summed E-state index contributed by atoms with van der Waals surface area (Å²) >= 11 is 0. The number of nitrogens with two attached hydrogens (primary N) is 1. The van der Waals surface area contributed by atoms with E-state index < -0.39 is 0 Å². The molecule has 1 unspecified atom stereocenters. The van der Waals surface area contributed by atoms with Crippen molar-refractivity contribution in [2.75, 3.05) is 32.7 Å². The summed E-state index contributed by atoms with van der Waals surface area (Å²) in [6.45, 7) is 4.41. The van der Waals surface area contributed by atoms with E-state index in [1.807, 2.05) is 18.2 Å². The van der Waals surface area contributed by atoms with Crippen LogP contribution in [0, 0.1) is 5.41 Å². The monoisotopic (exact) mass is 343 g/mol. The van der Waals surface area contributed by atoms with Crippen LogP contribution in [0.25, 0.3) is 0 Å². The maximum atomic E-state index is 12.4. The zero-order chi connectivity index (χ0) is 17.7. The zero-order valence-electron chi connectivity index (χ0n) is 15.0. The second-order valence-electron chi connectivity index (χ2n) is 7.65. The lowest BCUT2D eigenvalue weighted by molar-refractivity contribution is -0.139. The SMILES string of the molecule is NC(=O)CCN1CCCC2(CCC(=O)N(CCc3ccccc3)C2)C1. The van der Waals surface area contributed by atoms with Crippen LogP contribution in [0.15, 0.2) is 30.3 Å². The van der Waals surface area contributed by atoms with Crippen LogP contribution in [0.1, 0.15) is 37.7 Å². The van der Waals surface area contributed by atoms with E-state index >= 15 is 0 Å². The molecule has 5 heteroatoms. The second-order valence-corrected chi connectivity index (χ2v) is 7.65. The Bertz CT molecular complexity index is 604. The van der Waals surface area contributed by atoms with Gasteiger partial charge in [-0.05, 0) is 37.8 Å². The highest BCUT2D eigenvalue weighted by molar-refractivity contribution is 5.77. The van der Waals surface area contributed by atoms with Gasteiger partial charge in [0, 0.05) is 44.4 Å². The molecular weight excluding hydrogens is 314 g/mol. The minimum atomic E-state index is -0.233. The molecule has 0 saturated carbocycles. The number of hydrogen-bond acceptors (Lipinski definition) is 3. The molecule has 1 aromatic rings. The molecule has 2 fully saturated rings. The number of primary amides is 1. The van der Waals surface area contributed by atoms with Gasteiger partial charge in [0.2, 0.25) is 11.8 Å². The van der Waals surface area contributed by atoms with E-state index in [9.17, 15) is 9.59 Å². The Morgan fingerprint density at radius 3 is 2.68 bits per heavy atom. The lowest BCUT2D eigenvalue weighted by Crippen LogP contribution is -2.54. The molecule has 1 spiro atoms. The quantitative estimate of drug-likeness (QED) is 0.857. The van der Waals surface area contributed by atoms with E-state index in [0.29, 0.717) is 12.8 Å². The van der Waals surface area contributed by atoms with Crippen molar-refractivity contribution in [3.63, 3.8) is 0 Å². The van der Waals surface area contributed by atoms with Crippen molar-refractivity contribution in [2.24, 2.45) is 11.1 Å². The summed E-state index contributed by atoms with van der Waals surface area (Å²) in [7, 11) is 0. The molecule has 2 N–H and O–H groups in total. The number of rotatable bonds is 6. The molecule has 25 heavy (non-hydrogen) atoms. The van der Waals surface area contributed by atoms with Gasteiger partial charge in [-0.25, -0.2) is 0 Å². The Kier molecular flexibility index (Phi) is 5.74. The van der Waals surface area contributed by atoms with Gasteiger partial charge in [-0.15, -0.1) is 0 Å². The van der Waals surface area contributed by atoms with Crippen molar-refractivity contribution < 1.29 is 9.59 Å². The minimum absolute atomic E-state index is 0.195. The van der Waals surface area contributed by atoms with Gasteiger partial charge in [0.1, 0.15) is 0 Å². The average Bonchev–Trinajstić information content (AvgIpc) is 2.62. The van der Waals surface area contributed by atoms with Crippen molar-refractivity contribution in [1.82, 2.24) is 9.80 Å². The fourth-order valence-electron chi connectivity index (χ4n) is 4.32. The lowest BCUT2D eigenvalue weighted by atomic mass is 9.73. The third-order valence-electron chi connectivity index (χ3n) is 5.68. The molecule has 2 saturated heterocycles. The van der Waals surface area contributed by atoms with Crippen molar-refractivity contribution in [2.45, 2.75) is 38.5 Å². The predicted molar refractivity (Wildman–Crippen MR) is 97.9 cm³/mol. The molecule has 0 aromatic heterocycles. The van der Waals surface area contributed by atoms with Gasteiger partial charge in [-0.2, -0.15) is 0 Å². The van der Waals surface area contributed by atoms with E-state index in [1.165, 1.54) is 12.0 Å². The summed E-state index contributed by atoms with van der Waals surface area (Å²) in [4.78, 5) is 27.9. The number of benzene rings is 1. The molecule has 2 heterocycles. The Hall–Kier alpha value is -1.88. The molecule has 2 aliphatic rings. The van der Waals surface area contributed by atoms with E-state index in [4.69, 9.17) is 5.73 Å². The van der Waals surface area contributed by atoms with Gasteiger partial charge in [-0.3, -0.25) is 9.59 Å². The first kappa shape index (κ1) is 17.9. The number of hydrogen-bond donors (Lipinski definition) is 1. The number of carbonyl (C=O) groups excluding carboxylic acids is 2. The molecule has 0 radical (unpaired) electrons. The Labute approximate surface area is 150 Å². The molecule has 0 aliphatic carbocycles. The molecular formula is C20H29N3O2. The zero-order valence-corrected chi connectivity index (χ0v) is 15.0. The lowest BCUT2D eigenvalue weighted by Gasteiger charge is -2.48. The first-order valence-corrected chi connectivity index (χ1v) is 9.39. The first-order chi connectivity index (χ1) is 12.1. The minimum Gasteiger partial charge on any atom is -0.370 e. The van der Waals surface area contributed by atoms with Gasteiger partial charge < -0.3 is 15.5 Å². The third kappa shape index (κ3) is 4.82. The molecule has 2 amide bonds. The fourth-order valence-corrected chi connectivity index (χ4v) is 4.32. The highest BCUT2D eigenvalue weighted by Crippen LogP contribution is 2.38. The van der Waals surface area contributed by atoms with Crippen LogP contribution in [0.4, 0.5) is 0 Å². The topological polar surface area (TPSA) is 66.6 Å². The van der Waals surface area contributed by atoms with Gasteiger partial charge in [0.15, 0.2) is 0 Å². The molecule has 136 valence electrons. The normalized spacial score (nSPS) is 24.6. The Morgan fingerprint density at radius 1 is 1.12 bits per heavy atom. The maximum Gasteiger partial charge on any atom is 0.222 e. The summed E-state index contributed by atoms with van der Waals surface area (Å²) in [5.41, 5.74) is 6.77. The largest absolute Gasteiger partial charge is 0.370 e. The van der Waals surface area contributed by atoms with Crippen molar-refractivity contribution >= 4 is 11.8 Å². The third-order valence-corrected chi connectivity index (χ3v) is 5.68. The summed E-state index contributed by atoms with van der Waals surface area (Å²) < 4.78 is 0. The maximum absolute atomic E-state index is 12.4. The molecule has 2 aliphatic heterocycles. The second kappa shape index (κ2) is 8.00. The van der Waals surface area contributed by atoms with Crippen LogP contribution in [0.2, 0.25) is 0 Å². The summed E-state index contributed by atoms with van der Waals surface area (Å²) in [5.74, 6) is 0.0544. The van der Waals surface area contributed by atoms with Crippen LogP contribution in [0.5, 0.6) is 0 Å². The van der Waals surface area contributed by atoms with E-state index in [2.05, 4.69) is 21.9 Å². The molecule has 1 atom stereocenters. The van der Waals surface area contributed by atoms with Gasteiger partial charge in [0.05, 0.1) is 0 Å². The molecule has 5 nitrogen and oxygen atoms in total. The van der Waals surface area contributed by atoms with Gasteiger partial charge in [-0.1, -0.05) is 30.3 Å². The Morgan fingerprint density at radius 2 is 1.92 bits per heavy atom. The predicted octanol–water partition coefficient (Wildman–Crippen LogP) is 1.81. The van der Waals surface area contributed by atoms with E-state index in [0.717, 1.165) is 52.0 Å².